The molecule has 0 aliphatic heterocycles. The van der Waals surface area contributed by atoms with Crippen molar-refractivity contribution in [3.05, 3.63) is 0 Å². The molecular formula is C6H13ClF2N2O2. The summed E-state index contributed by atoms with van der Waals surface area (Å²) in [4.78, 5) is 10.3. The number of nitrogens with two attached hydrogens (primary N) is 1. The molecule has 4 N–H and O–H groups in total. The molecular weight excluding hydrogens is 206 g/mol. The van der Waals surface area contributed by atoms with E-state index in [9.17, 15) is 13.6 Å². The van der Waals surface area contributed by atoms with E-state index in [0.29, 0.717) is 13.0 Å². The van der Waals surface area contributed by atoms with Crippen molar-refractivity contribution >= 4 is 18.4 Å². The van der Waals surface area contributed by atoms with E-state index in [2.05, 4.69) is 0 Å². The van der Waals surface area contributed by atoms with E-state index in [0.717, 1.165) is 0 Å². The highest BCUT2D eigenvalue weighted by molar-refractivity contribution is 5.85. The fraction of sp³-hybridized carbons (Fsp3) is 0.833. The lowest BCUT2D eigenvalue weighted by molar-refractivity contribution is -0.141. The Balaban J connectivity index is 0. The van der Waals surface area contributed by atoms with Gasteiger partial charge in [-0.25, -0.2) is 5.32 Å². The van der Waals surface area contributed by atoms with Gasteiger partial charge in [-0.05, 0) is 19.4 Å². The average molecular weight is 219 g/mol. The van der Waals surface area contributed by atoms with Gasteiger partial charge in [0, 0.05) is 0 Å². The summed E-state index contributed by atoms with van der Waals surface area (Å²) in [5.41, 5.74) is 5.10. The van der Waals surface area contributed by atoms with Gasteiger partial charge in [-0.2, -0.15) is 8.78 Å². The zero-order chi connectivity index (χ0) is 9.56. The lowest BCUT2D eigenvalue weighted by Gasteiger charge is -2.12. The first-order valence-corrected chi connectivity index (χ1v) is 3.55. The van der Waals surface area contributed by atoms with E-state index in [1.54, 1.807) is 5.32 Å². The first-order chi connectivity index (χ1) is 5.57. The zero-order valence-corrected chi connectivity index (χ0v) is 7.69. The SMILES string of the molecule is Cl.NCCC[C@H](NC(F)F)C(=O)O. The Hall–Kier alpha value is -0.460. The highest BCUT2D eigenvalue weighted by atomic mass is 35.5. The molecule has 0 saturated carbocycles. The normalized spacial score (nSPS) is 12.3. The third kappa shape index (κ3) is 7.89. The monoisotopic (exact) mass is 218 g/mol. The van der Waals surface area contributed by atoms with Gasteiger partial charge in [-0.15, -0.1) is 12.4 Å². The first kappa shape index (κ1) is 15.0. The third-order valence-electron chi connectivity index (χ3n) is 1.32. The van der Waals surface area contributed by atoms with Crippen LogP contribution < -0.4 is 11.1 Å². The molecule has 0 radical (unpaired) electrons. The number of carbonyl (C=O) groups is 1. The molecule has 4 nitrogen and oxygen atoms in total. The van der Waals surface area contributed by atoms with E-state index in [4.69, 9.17) is 10.8 Å². The van der Waals surface area contributed by atoms with Gasteiger partial charge in [-0.3, -0.25) is 4.79 Å². The topological polar surface area (TPSA) is 75.3 Å². The minimum atomic E-state index is -2.80. The van der Waals surface area contributed by atoms with Crippen LogP contribution in [0.2, 0.25) is 0 Å². The van der Waals surface area contributed by atoms with Crippen LogP contribution in [0.15, 0.2) is 0 Å². The number of nitrogens with one attached hydrogen (secondary N) is 1. The predicted octanol–water partition coefficient (Wildman–Crippen LogP) is 0.412. The second-order valence-corrected chi connectivity index (χ2v) is 2.29. The molecule has 80 valence electrons. The Bertz CT molecular complexity index is 149. The van der Waals surface area contributed by atoms with Crippen molar-refractivity contribution in [3.8, 4) is 0 Å². The number of carboxylic acids is 1. The molecule has 1 atom stereocenters. The zero-order valence-electron chi connectivity index (χ0n) is 6.87. The summed E-state index contributed by atoms with van der Waals surface area (Å²) in [7, 11) is 0. The number of alkyl halides is 2. The van der Waals surface area contributed by atoms with E-state index in [-0.39, 0.29) is 18.8 Å². The molecule has 0 aliphatic rings. The van der Waals surface area contributed by atoms with Crippen LogP contribution in [0.5, 0.6) is 0 Å². The molecule has 0 aromatic carbocycles. The van der Waals surface area contributed by atoms with Crippen LogP contribution in [0.25, 0.3) is 0 Å². The van der Waals surface area contributed by atoms with Crippen LogP contribution in [0.1, 0.15) is 12.8 Å². The maximum atomic E-state index is 11.7. The molecule has 0 heterocycles. The van der Waals surface area contributed by atoms with Gasteiger partial charge in [0.2, 0.25) is 0 Å². The van der Waals surface area contributed by atoms with Crippen molar-refractivity contribution in [2.75, 3.05) is 6.54 Å². The third-order valence-corrected chi connectivity index (χ3v) is 1.32. The molecule has 0 spiro atoms. The summed E-state index contributed by atoms with van der Waals surface area (Å²) in [5, 5.41) is 10.0. The summed E-state index contributed by atoms with van der Waals surface area (Å²) in [5.74, 6) is -1.27. The van der Waals surface area contributed by atoms with Gasteiger partial charge in [0.15, 0.2) is 0 Å². The van der Waals surface area contributed by atoms with Gasteiger partial charge in [0.1, 0.15) is 6.04 Å². The van der Waals surface area contributed by atoms with E-state index >= 15 is 0 Å². The molecule has 0 bridgehead atoms. The average Bonchev–Trinajstić information content (AvgIpc) is 1.96. The predicted molar refractivity (Wildman–Crippen MR) is 46.1 cm³/mol. The number of carboxylic acid groups (broad SMARTS) is 1. The van der Waals surface area contributed by atoms with Gasteiger partial charge in [-0.1, -0.05) is 0 Å². The van der Waals surface area contributed by atoms with Crippen molar-refractivity contribution < 1.29 is 18.7 Å². The lowest BCUT2D eigenvalue weighted by atomic mass is 10.1. The van der Waals surface area contributed by atoms with Gasteiger partial charge in [0.05, 0.1) is 0 Å². The smallest absolute Gasteiger partial charge is 0.320 e. The number of halogens is 3. The van der Waals surface area contributed by atoms with Gasteiger partial charge < -0.3 is 10.8 Å². The van der Waals surface area contributed by atoms with Crippen molar-refractivity contribution in [2.45, 2.75) is 25.4 Å². The number of rotatable bonds is 6. The van der Waals surface area contributed by atoms with Crippen LogP contribution in [-0.4, -0.2) is 30.2 Å². The molecule has 0 amide bonds. The summed E-state index contributed by atoms with van der Waals surface area (Å²) >= 11 is 0. The first-order valence-electron chi connectivity index (χ1n) is 3.55. The Morgan fingerprint density at radius 1 is 1.54 bits per heavy atom. The largest absolute Gasteiger partial charge is 0.480 e. The molecule has 0 fully saturated rings. The van der Waals surface area contributed by atoms with Crippen LogP contribution in [0.4, 0.5) is 8.78 Å². The maximum absolute atomic E-state index is 11.7. The fourth-order valence-corrected chi connectivity index (χ4v) is 0.752. The van der Waals surface area contributed by atoms with Crippen LogP contribution >= 0.6 is 12.4 Å². The Kier molecular flexibility index (Phi) is 9.43. The standard InChI is InChI=1S/C6H12F2N2O2.ClH/c7-6(8)10-4(5(11)12)2-1-3-9;/h4,6,10H,1-3,9H2,(H,11,12);1H/t4-;/m0./s1. The molecule has 0 aromatic rings. The number of hydrogen-bond acceptors (Lipinski definition) is 3. The number of aliphatic carboxylic acids is 1. The minimum Gasteiger partial charge on any atom is -0.480 e. The van der Waals surface area contributed by atoms with Gasteiger partial charge >= 0.3 is 5.97 Å². The summed E-state index contributed by atoms with van der Waals surface area (Å²) in [6.07, 6.45) is 0.535. The fourth-order valence-electron chi connectivity index (χ4n) is 0.752. The maximum Gasteiger partial charge on any atom is 0.320 e. The summed E-state index contributed by atoms with van der Waals surface area (Å²) in [6.45, 7) is -2.50. The highest BCUT2D eigenvalue weighted by Gasteiger charge is 2.19. The molecule has 0 unspecified atom stereocenters. The quantitative estimate of drug-likeness (QED) is 0.565. The van der Waals surface area contributed by atoms with Crippen LogP contribution in [0.3, 0.4) is 0 Å². The molecule has 0 rings (SSSR count). The van der Waals surface area contributed by atoms with Crippen molar-refractivity contribution in [2.24, 2.45) is 5.73 Å². The molecule has 0 aromatic heterocycles. The van der Waals surface area contributed by atoms with Crippen LogP contribution in [-0.2, 0) is 4.79 Å². The lowest BCUT2D eigenvalue weighted by Crippen LogP contribution is -2.40. The van der Waals surface area contributed by atoms with Crippen LogP contribution in [0, 0.1) is 0 Å². The molecule has 7 heteroatoms. The van der Waals surface area contributed by atoms with Crippen molar-refractivity contribution in [3.63, 3.8) is 0 Å². The minimum absolute atomic E-state index is 0. The van der Waals surface area contributed by atoms with Gasteiger partial charge in [0.25, 0.3) is 6.55 Å². The Morgan fingerprint density at radius 2 is 2.08 bits per heavy atom. The Labute approximate surface area is 80.9 Å². The van der Waals surface area contributed by atoms with E-state index in [1.807, 2.05) is 0 Å². The van der Waals surface area contributed by atoms with Crippen molar-refractivity contribution in [1.29, 1.82) is 0 Å². The van der Waals surface area contributed by atoms with E-state index < -0.39 is 18.6 Å². The molecule has 0 aliphatic carbocycles. The summed E-state index contributed by atoms with van der Waals surface area (Å²) < 4.78 is 23.3. The molecule has 0 saturated heterocycles. The Morgan fingerprint density at radius 3 is 2.38 bits per heavy atom. The summed E-state index contributed by atoms with van der Waals surface area (Å²) in [6, 6.07) is -1.20. The molecule has 13 heavy (non-hydrogen) atoms. The second kappa shape index (κ2) is 8.15. The highest BCUT2D eigenvalue weighted by Crippen LogP contribution is 1.99. The number of hydrogen-bond donors (Lipinski definition) is 3. The second-order valence-electron chi connectivity index (χ2n) is 2.29. The van der Waals surface area contributed by atoms with E-state index in [1.165, 1.54) is 0 Å². The van der Waals surface area contributed by atoms with Crippen molar-refractivity contribution in [1.82, 2.24) is 5.32 Å².